The van der Waals surface area contributed by atoms with Crippen LogP contribution in [0.4, 0.5) is 4.79 Å². The quantitative estimate of drug-likeness (QED) is 0.610. The summed E-state index contributed by atoms with van der Waals surface area (Å²) in [4.78, 5) is 39.2. The first-order valence-electron chi connectivity index (χ1n) is 11.6. The number of aliphatic carboxylic acids is 1. The summed E-state index contributed by atoms with van der Waals surface area (Å²) >= 11 is 1.46. The number of hydrogen-bond donors (Lipinski definition) is 2. The maximum absolute atomic E-state index is 13.3. The number of carbonyl (C=O) groups excluding carboxylic acids is 2. The molecular formula is C26H30N2O5S. The van der Waals surface area contributed by atoms with Gasteiger partial charge in [0, 0.05) is 11.7 Å². The molecular weight excluding hydrogens is 452 g/mol. The Morgan fingerprint density at radius 2 is 1.68 bits per heavy atom. The highest BCUT2D eigenvalue weighted by Crippen LogP contribution is 2.44. The molecule has 2 aromatic carbocycles. The minimum absolute atomic E-state index is 0.0781. The summed E-state index contributed by atoms with van der Waals surface area (Å²) in [7, 11) is 0. The minimum atomic E-state index is -1.03. The fourth-order valence-electron chi connectivity index (χ4n) is 4.81. The van der Waals surface area contributed by atoms with Gasteiger partial charge in [-0.1, -0.05) is 69.3 Å². The Kier molecular flexibility index (Phi) is 7.16. The smallest absolute Gasteiger partial charge is 0.407 e. The van der Waals surface area contributed by atoms with Gasteiger partial charge in [-0.05, 0) is 34.6 Å². The van der Waals surface area contributed by atoms with Crippen LogP contribution in [0.3, 0.4) is 0 Å². The van der Waals surface area contributed by atoms with Crippen molar-refractivity contribution in [3.8, 4) is 11.1 Å². The third kappa shape index (κ3) is 4.51. The molecule has 0 saturated carbocycles. The summed E-state index contributed by atoms with van der Waals surface area (Å²) in [6.45, 7) is 5.86. The lowest BCUT2D eigenvalue weighted by Crippen LogP contribution is -2.55. The highest BCUT2D eigenvalue weighted by molar-refractivity contribution is 8.00. The van der Waals surface area contributed by atoms with Gasteiger partial charge in [-0.3, -0.25) is 4.79 Å². The Labute approximate surface area is 203 Å². The molecule has 2 unspecified atom stereocenters. The van der Waals surface area contributed by atoms with Gasteiger partial charge in [-0.25, -0.2) is 9.59 Å². The lowest BCUT2D eigenvalue weighted by Gasteiger charge is -2.32. The second-order valence-electron chi connectivity index (χ2n) is 9.00. The third-order valence-corrected chi connectivity index (χ3v) is 8.11. The van der Waals surface area contributed by atoms with Crippen LogP contribution in [0.5, 0.6) is 0 Å². The standard InChI is InChI=1S/C26H30N2O5S/c1-4-21(23(29)28-22(25(30)31)14-34-24(28)15(2)3)27-26(32)33-13-20-18-11-7-5-9-16(18)17-10-6-8-12-19(17)20/h5-12,15,20-22,24H,4,13-14H2,1-3H3,(H,27,32)(H,30,31)/t21-,22?,24?/m1/s1. The first kappa shape index (κ1) is 24.1. The molecule has 2 aliphatic rings. The zero-order chi connectivity index (χ0) is 24.4. The molecule has 1 aliphatic heterocycles. The molecule has 4 rings (SSSR count). The fourth-order valence-corrected chi connectivity index (χ4v) is 6.29. The van der Waals surface area contributed by atoms with E-state index in [0.29, 0.717) is 12.2 Å². The molecule has 0 bridgehead atoms. The van der Waals surface area contributed by atoms with Crippen molar-refractivity contribution < 1.29 is 24.2 Å². The molecule has 3 atom stereocenters. The van der Waals surface area contributed by atoms with Crippen molar-refractivity contribution in [1.82, 2.24) is 10.2 Å². The summed E-state index contributed by atoms with van der Waals surface area (Å²) in [6, 6.07) is 14.4. The van der Waals surface area contributed by atoms with Crippen molar-refractivity contribution in [3.05, 3.63) is 59.7 Å². The lowest BCUT2D eigenvalue weighted by molar-refractivity contribution is -0.150. The van der Waals surface area contributed by atoms with Crippen LogP contribution in [-0.4, -0.2) is 57.8 Å². The number of rotatable bonds is 7. The molecule has 8 heteroatoms. The number of benzene rings is 2. The molecule has 180 valence electrons. The fraction of sp³-hybridized carbons (Fsp3) is 0.423. The molecule has 1 heterocycles. The van der Waals surface area contributed by atoms with Crippen LogP contribution in [0.15, 0.2) is 48.5 Å². The van der Waals surface area contributed by atoms with Gasteiger partial charge in [0.05, 0.1) is 5.37 Å². The van der Waals surface area contributed by atoms with Crippen LogP contribution in [0.2, 0.25) is 0 Å². The van der Waals surface area contributed by atoms with Crippen LogP contribution < -0.4 is 5.32 Å². The van der Waals surface area contributed by atoms with E-state index in [2.05, 4.69) is 17.4 Å². The van der Waals surface area contributed by atoms with E-state index < -0.39 is 24.1 Å². The number of nitrogens with one attached hydrogen (secondary N) is 1. The average molecular weight is 483 g/mol. The van der Waals surface area contributed by atoms with Crippen molar-refractivity contribution in [2.45, 2.75) is 50.6 Å². The Morgan fingerprint density at radius 1 is 1.09 bits per heavy atom. The van der Waals surface area contributed by atoms with E-state index in [1.54, 1.807) is 6.92 Å². The van der Waals surface area contributed by atoms with Crippen molar-refractivity contribution in [3.63, 3.8) is 0 Å². The monoisotopic (exact) mass is 482 g/mol. The zero-order valence-corrected chi connectivity index (χ0v) is 20.4. The van der Waals surface area contributed by atoms with E-state index in [1.807, 2.05) is 50.2 Å². The second-order valence-corrected chi connectivity index (χ2v) is 10.1. The molecule has 7 nitrogen and oxygen atoms in total. The number of alkyl carbamates (subject to hydrolysis) is 1. The van der Waals surface area contributed by atoms with E-state index in [9.17, 15) is 19.5 Å². The molecule has 34 heavy (non-hydrogen) atoms. The number of nitrogens with zero attached hydrogens (tertiary/aromatic N) is 1. The van der Waals surface area contributed by atoms with Gasteiger partial charge in [0.2, 0.25) is 5.91 Å². The molecule has 2 aromatic rings. The zero-order valence-electron chi connectivity index (χ0n) is 19.6. The normalized spacial score (nSPS) is 20.1. The van der Waals surface area contributed by atoms with Crippen LogP contribution >= 0.6 is 11.8 Å². The first-order valence-corrected chi connectivity index (χ1v) is 12.7. The number of thioether (sulfide) groups is 1. The summed E-state index contributed by atoms with van der Waals surface area (Å²) < 4.78 is 5.59. The van der Waals surface area contributed by atoms with Crippen molar-refractivity contribution in [2.24, 2.45) is 5.92 Å². The summed E-state index contributed by atoms with van der Waals surface area (Å²) in [6.07, 6.45) is -0.344. The number of carboxylic acid groups (broad SMARTS) is 1. The predicted molar refractivity (Wildman–Crippen MR) is 132 cm³/mol. The number of amides is 2. The van der Waals surface area contributed by atoms with Crippen LogP contribution in [0, 0.1) is 5.92 Å². The highest BCUT2D eigenvalue weighted by Gasteiger charge is 2.44. The summed E-state index contributed by atoms with van der Waals surface area (Å²) in [5, 5.41) is 12.1. The minimum Gasteiger partial charge on any atom is -0.480 e. The summed E-state index contributed by atoms with van der Waals surface area (Å²) in [5.74, 6) is -1.06. The van der Waals surface area contributed by atoms with Crippen LogP contribution in [-0.2, 0) is 14.3 Å². The van der Waals surface area contributed by atoms with Crippen molar-refractivity contribution in [1.29, 1.82) is 0 Å². The van der Waals surface area contributed by atoms with Gasteiger partial charge in [0.1, 0.15) is 18.7 Å². The third-order valence-electron chi connectivity index (χ3n) is 6.49. The highest BCUT2D eigenvalue weighted by atomic mass is 32.2. The van der Waals surface area contributed by atoms with Gasteiger partial charge in [0.15, 0.2) is 0 Å². The molecule has 1 fully saturated rings. The molecule has 0 radical (unpaired) electrons. The van der Waals surface area contributed by atoms with Crippen molar-refractivity contribution >= 4 is 29.7 Å². The molecule has 0 aromatic heterocycles. The average Bonchev–Trinajstić information content (AvgIpc) is 3.41. The lowest BCUT2D eigenvalue weighted by atomic mass is 9.98. The van der Waals surface area contributed by atoms with Gasteiger partial charge in [0.25, 0.3) is 0 Å². The van der Waals surface area contributed by atoms with E-state index in [1.165, 1.54) is 16.7 Å². The second kappa shape index (κ2) is 10.1. The predicted octanol–water partition coefficient (Wildman–Crippen LogP) is 4.31. The number of ether oxygens (including phenoxy) is 1. The molecule has 0 spiro atoms. The van der Waals surface area contributed by atoms with Crippen LogP contribution in [0.1, 0.15) is 44.2 Å². The number of carbonyl (C=O) groups is 3. The number of carboxylic acids is 1. The Bertz CT molecular complexity index is 1040. The van der Waals surface area contributed by atoms with Gasteiger partial charge >= 0.3 is 12.1 Å². The largest absolute Gasteiger partial charge is 0.480 e. The number of fused-ring (bicyclic) bond motifs is 3. The van der Waals surface area contributed by atoms with E-state index >= 15 is 0 Å². The van der Waals surface area contributed by atoms with Gasteiger partial charge in [-0.2, -0.15) is 0 Å². The van der Waals surface area contributed by atoms with Crippen molar-refractivity contribution in [2.75, 3.05) is 12.4 Å². The molecule has 2 N–H and O–H groups in total. The molecule has 2 amide bonds. The van der Waals surface area contributed by atoms with Gasteiger partial charge in [-0.15, -0.1) is 11.8 Å². The Morgan fingerprint density at radius 3 is 2.21 bits per heavy atom. The number of hydrogen-bond acceptors (Lipinski definition) is 5. The van der Waals surface area contributed by atoms with Gasteiger partial charge < -0.3 is 20.1 Å². The molecule has 1 aliphatic carbocycles. The topological polar surface area (TPSA) is 95.9 Å². The van der Waals surface area contributed by atoms with Crippen LogP contribution in [0.25, 0.3) is 11.1 Å². The summed E-state index contributed by atoms with van der Waals surface area (Å²) in [5.41, 5.74) is 4.50. The van der Waals surface area contributed by atoms with E-state index in [4.69, 9.17) is 4.74 Å². The van der Waals surface area contributed by atoms with E-state index in [0.717, 1.165) is 22.3 Å². The Balaban J connectivity index is 1.44. The maximum atomic E-state index is 13.3. The van der Waals surface area contributed by atoms with E-state index in [-0.39, 0.29) is 29.7 Å². The molecule has 1 saturated heterocycles. The first-order chi connectivity index (χ1) is 16.3. The SMILES string of the molecule is CC[C@@H](NC(=O)OCC1c2ccccc2-c2ccccc21)C(=O)N1C(C(=O)O)CSC1C(C)C. The maximum Gasteiger partial charge on any atom is 0.407 e. The Hall–Kier alpha value is -3.00.